The van der Waals surface area contributed by atoms with Crippen LogP contribution in [0.1, 0.15) is 12.5 Å². The van der Waals surface area contributed by atoms with Crippen LogP contribution in [0.5, 0.6) is 0 Å². The second-order valence-electron chi connectivity index (χ2n) is 3.97. The molecule has 0 aliphatic rings. The van der Waals surface area contributed by atoms with Crippen LogP contribution in [0.4, 0.5) is 5.69 Å². The molecular weight excluding hydrogens is 272 g/mol. The molecule has 0 fully saturated rings. The molecule has 6 nitrogen and oxygen atoms in total. The molecule has 0 atom stereocenters. The number of esters is 1. The lowest BCUT2D eigenvalue weighted by molar-refractivity contribution is -0.385. The van der Waals surface area contributed by atoms with Gasteiger partial charge in [-0.3, -0.25) is 19.8 Å². The van der Waals surface area contributed by atoms with Crippen molar-refractivity contribution in [1.82, 2.24) is 4.90 Å². The molecule has 0 amide bonds. The van der Waals surface area contributed by atoms with Gasteiger partial charge in [-0.05, 0) is 20.0 Å². The predicted octanol–water partition coefficient (Wildman–Crippen LogP) is 2.24. The molecule has 0 aliphatic heterocycles. The zero-order valence-corrected chi connectivity index (χ0v) is 11.5. The summed E-state index contributed by atoms with van der Waals surface area (Å²) in [6.45, 7) is 2.28. The number of nitro groups is 1. The molecule has 104 valence electrons. The minimum atomic E-state index is -0.487. The lowest BCUT2D eigenvalue weighted by Crippen LogP contribution is -2.27. The molecule has 0 N–H and O–H groups in total. The number of hydrogen-bond acceptors (Lipinski definition) is 5. The van der Waals surface area contributed by atoms with Crippen molar-refractivity contribution in [3.05, 3.63) is 38.9 Å². The highest BCUT2D eigenvalue weighted by Crippen LogP contribution is 2.27. The van der Waals surface area contributed by atoms with Gasteiger partial charge in [0.2, 0.25) is 0 Å². The molecule has 0 aliphatic carbocycles. The molecule has 1 rings (SSSR count). The number of halogens is 1. The number of ether oxygens (including phenoxy) is 1. The maximum absolute atomic E-state index is 11.3. The highest BCUT2D eigenvalue weighted by molar-refractivity contribution is 6.31. The summed E-state index contributed by atoms with van der Waals surface area (Å²) in [7, 11) is 1.67. The quantitative estimate of drug-likeness (QED) is 0.455. The fraction of sp³-hybridized carbons (Fsp3) is 0.417. The predicted molar refractivity (Wildman–Crippen MR) is 71.1 cm³/mol. The van der Waals surface area contributed by atoms with Crippen molar-refractivity contribution in [3.63, 3.8) is 0 Å². The van der Waals surface area contributed by atoms with E-state index in [9.17, 15) is 14.9 Å². The van der Waals surface area contributed by atoms with Gasteiger partial charge in [-0.25, -0.2) is 0 Å². The van der Waals surface area contributed by atoms with E-state index in [4.69, 9.17) is 16.3 Å². The van der Waals surface area contributed by atoms with E-state index in [0.717, 1.165) is 0 Å². The van der Waals surface area contributed by atoms with E-state index in [2.05, 4.69) is 0 Å². The van der Waals surface area contributed by atoms with Crippen molar-refractivity contribution in [2.45, 2.75) is 13.5 Å². The molecule has 1 aromatic carbocycles. The Morgan fingerprint density at radius 1 is 1.53 bits per heavy atom. The first-order chi connectivity index (χ1) is 8.95. The molecular formula is C12H15ClN2O4. The fourth-order valence-corrected chi connectivity index (χ4v) is 1.86. The first-order valence-corrected chi connectivity index (χ1v) is 6.09. The second kappa shape index (κ2) is 7.06. The average molecular weight is 287 g/mol. The first-order valence-electron chi connectivity index (χ1n) is 5.71. The number of benzene rings is 1. The van der Waals surface area contributed by atoms with E-state index in [1.165, 1.54) is 12.1 Å². The minimum absolute atomic E-state index is 0.0518. The third kappa shape index (κ3) is 4.50. The smallest absolute Gasteiger partial charge is 0.320 e. The summed E-state index contributed by atoms with van der Waals surface area (Å²) in [5.74, 6) is -0.375. The van der Waals surface area contributed by atoms with Gasteiger partial charge >= 0.3 is 5.97 Å². The summed E-state index contributed by atoms with van der Waals surface area (Å²) in [5.41, 5.74) is 0.337. The Labute approximate surface area is 116 Å². The molecule has 0 saturated heterocycles. The van der Waals surface area contributed by atoms with E-state index in [0.29, 0.717) is 17.2 Å². The number of nitrogens with zero attached hydrogens (tertiary/aromatic N) is 2. The minimum Gasteiger partial charge on any atom is -0.465 e. The number of hydrogen-bond donors (Lipinski definition) is 0. The Morgan fingerprint density at radius 2 is 2.21 bits per heavy atom. The standard InChI is InChI=1S/C12H15ClN2O4/c1-3-19-12(16)8-14(2)7-9-10(13)5-4-6-11(9)15(17)18/h4-6H,3,7-8H2,1-2H3. The topological polar surface area (TPSA) is 72.7 Å². The lowest BCUT2D eigenvalue weighted by atomic mass is 10.1. The Hall–Kier alpha value is -1.66. The van der Waals surface area contributed by atoms with Crippen LogP contribution in [0.25, 0.3) is 0 Å². The van der Waals surface area contributed by atoms with Crippen LogP contribution in [0.15, 0.2) is 18.2 Å². The van der Waals surface area contributed by atoms with E-state index in [1.807, 2.05) is 0 Å². The molecule has 0 unspecified atom stereocenters. The van der Waals surface area contributed by atoms with Crippen LogP contribution >= 0.6 is 11.6 Å². The third-order valence-corrected chi connectivity index (χ3v) is 2.78. The SMILES string of the molecule is CCOC(=O)CN(C)Cc1c(Cl)cccc1[N+](=O)[O-]. The number of likely N-dealkylation sites (N-methyl/N-ethyl adjacent to an activating group) is 1. The number of carbonyl (C=O) groups excluding carboxylic acids is 1. The maximum Gasteiger partial charge on any atom is 0.320 e. The van der Waals surface area contributed by atoms with Crippen LogP contribution in [-0.4, -0.2) is 36.0 Å². The van der Waals surface area contributed by atoms with Gasteiger partial charge in [0.1, 0.15) is 0 Å². The Morgan fingerprint density at radius 3 is 2.79 bits per heavy atom. The Balaban J connectivity index is 2.81. The second-order valence-corrected chi connectivity index (χ2v) is 4.38. The summed E-state index contributed by atoms with van der Waals surface area (Å²) < 4.78 is 4.81. The molecule has 19 heavy (non-hydrogen) atoms. The van der Waals surface area contributed by atoms with Crippen molar-refractivity contribution in [1.29, 1.82) is 0 Å². The summed E-state index contributed by atoms with van der Waals surface area (Å²) in [6.07, 6.45) is 0. The molecule has 0 spiro atoms. The molecule has 0 bridgehead atoms. The zero-order valence-electron chi connectivity index (χ0n) is 10.8. The van der Waals surface area contributed by atoms with Gasteiger partial charge in [0, 0.05) is 12.6 Å². The van der Waals surface area contributed by atoms with Crippen molar-refractivity contribution >= 4 is 23.3 Å². The summed E-state index contributed by atoms with van der Waals surface area (Å²) in [5, 5.41) is 11.2. The van der Waals surface area contributed by atoms with Crippen LogP contribution in [-0.2, 0) is 16.1 Å². The highest BCUT2D eigenvalue weighted by atomic mass is 35.5. The first kappa shape index (κ1) is 15.4. The van der Waals surface area contributed by atoms with Gasteiger partial charge in [-0.2, -0.15) is 0 Å². The Bertz CT molecular complexity index is 479. The van der Waals surface area contributed by atoms with Crippen molar-refractivity contribution in [2.24, 2.45) is 0 Å². The fourth-order valence-electron chi connectivity index (χ4n) is 1.63. The molecule has 0 saturated carbocycles. The van der Waals surface area contributed by atoms with Crippen molar-refractivity contribution < 1.29 is 14.5 Å². The summed E-state index contributed by atoms with van der Waals surface area (Å²) >= 11 is 5.97. The van der Waals surface area contributed by atoms with Crippen LogP contribution < -0.4 is 0 Å². The number of rotatable bonds is 6. The van der Waals surface area contributed by atoms with Gasteiger partial charge in [0.05, 0.1) is 28.7 Å². The monoisotopic (exact) mass is 286 g/mol. The zero-order chi connectivity index (χ0) is 14.4. The average Bonchev–Trinajstić information content (AvgIpc) is 2.31. The van der Waals surface area contributed by atoms with Gasteiger partial charge in [-0.15, -0.1) is 0 Å². The lowest BCUT2D eigenvalue weighted by Gasteiger charge is -2.16. The van der Waals surface area contributed by atoms with Gasteiger partial charge in [-0.1, -0.05) is 17.7 Å². The van der Waals surface area contributed by atoms with Gasteiger partial charge < -0.3 is 4.74 Å². The van der Waals surface area contributed by atoms with Crippen LogP contribution in [0, 0.1) is 10.1 Å². The molecule has 7 heteroatoms. The summed E-state index contributed by atoms with van der Waals surface area (Å²) in [4.78, 5) is 23.4. The van der Waals surface area contributed by atoms with Crippen LogP contribution in [0.3, 0.4) is 0 Å². The Kier molecular flexibility index (Phi) is 5.72. The normalized spacial score (nSPS) is 10.5. The maximum atomic E-state index is 11.3. The third-order valence-electron chi connectivity index (χ3n) is 2.42. The van der Waals surface area contributed by atoms with Crippen molar-refractivity contribution in [3.8, 4) is 0 Å². The molecule has 0 radical (unpaired) electrons. The number of nitro benzene ring substituents is 1. The summed E-state index contributed by atoms with van der Waals surface area (Å²) in [6, 6.07) is 4.50. The molecule has 0 heterocycles. The van der Waals surface area contributed by atoms with Gasteiger partial charge in [0.15, 0.2) is 0 Å². The van der Waals surface area contributed by atoms with E-state index in [1.54, 1.807) is 24.9 Å². The van der Waals surface area contributed by atoms with Crippen molar-refractivity contribution in [2.75, 3.05) is 20.2 Å². The molecule has 1 aromatic rings. The van der Waals surface area contributed by atoms with E-state index >= 15 is 0 Å². The van der Waals surface area contributed by atoms with Gasteiger partial charge in [0.25, 0.3) is 5.69 Å². The largest absolute Gasteiger partial charge is 0.465 e. The van der Waals surface area contributed by atoms with E-state index < -0.39 is 4.92 Å². The molecule has 0 aromatic heterocycles. The van der Waals surface area contributed by atoms with E-state index in [-0.39, 0.29) is 24.7 Å². The number of carbonyl (C=O) groups is 1. The highest BCUT2D eigenvalue weighted by Gasteiger charge is 2.19. The van der Waals surface area contributed by atoms with Crippen LogP contribution in [0.2, 0.25) is 5.02 Å².